The molecule has 14 aromatic rings. The maximum absolute atomic E-state index is 3.63. The van der Waals surface area contributed by atoms with Gasteiger partial charge < -0.3 is 9.80 Å². The average molecular weight is 1320 g/mol. The number of anilines is 6. The molecule has 0 radical (unpaired) electrons. The molecule has 0 amide bonds. The molecule has 0 saturated heterocycles. The van der Waals surface area contributed by atoms with Crippen molar-refractivity contribution in [3.63, 3.8) is 0 Å². The van der Waals surface area contributed by atoms with Gasteiger partial charge in [-0.2, -0.15) is 0 Å². The molecule has 0 bridgehead atoms. The minimum absolute atomic E-state index is 0.911. The van der Waals surface area contributed by atoms with Gasteiger partial charge in [-0.15, -0.1) is 0 Å². The molecule has 446 valence electrons. The highest BCUT2D eigenvalue weighted by Crippen LogP contribution is 2.48. The number of hydrogen-bond donors (Lipinski definition) is 0. The summed E-state index contributed by atoms with van der Waals surface area (Å²) in [6.45, 7) is 13.5. The molecule has 92 heavy (non-hydrogen) atoms. The molecule has 0 aliphatic rings. The summed E-state index contributed by atoms with van der Waals surface area (Å²) in [7, 11) is 0. The molecular formula is C88H70Br2N2. The van der Waals surface area contributed by atoms with Crippen molar-refractivity contribution in [2.75, 3.05) is 9.80 Å². The van der Waals surface area contributed by atoms with Gasteiger partial charge in [0.2, 0.25) is 0 Å². The van der Waals surface area contributed by atoms with Crippen molar-refractivity contribution in [2.45, 2.75) is 54.4 Å². The van der Waals surface area contributed by atoms with Gasteiger partial charge in [-0.05, 0) is 271 Å². The minimum Gasteiger partial charge on any atom is -0.310 e. The normalized spacial score (nSPS) is 11.3. The Morgan fingerprint density at radius 2 is 0.533 bits per heavy atom. The van der Waals surface area contributed by atoms with E-state index in [1.165, 1.54) is 133 Å². The maximum Gasteiger partial charge on any atom is 0.0464 e. The zero-order valence-corrected chi connectivity index (χ0v) is 55.9. The van der Waals surface area contributed by atoms with Crippen LogP contribution in [0.4, 0.5) is 34.1 Å². The highest BCUT2D eigenvalue weighted by Gasteiger charge is 2.23. The van der Waals surface area contributed by atoms with E-state index in [0.29, 0.717) is 0 Å². The molecule has 14 aromatic carbocycles. The summed E-state index contributed by atoms with van der Waals surface area (Å²) < 4.78 is 2.14. The monoisotopic (exact) mass is 1310 g/mol. The fourth-order valence-corrected chi connectivity index (χ4v) is 14.1. The van der Waals surface area contributed by atoms with Crippen LogP contribution < -0.4 is 9.80 Å². The second kappa shape index (κ2) is 25.8. The Labute approximate surface area is 559 Å². The molecule has 0 heterocycles. The van der Waals surface area contributed by atoms with Gasteiger partial charge >= 0.3 is 0 Å². The first-order chi connectivity index (χ1) is 45.0. The van der Waals surface area contributed by atoms with Crippen molar-refractivity contribution >= 4 is 87.5 Å². The van der Waals surface area contributed by atoms with Crippen molar-refractivity contribution in [3.05, 3.63) is 334 Å². The SMILES string of the molecule is CCc1cc(N(c2ccc(-c3ccc(Br)cc3)cc2)c2ccc(-c3cc4ccccc4c(-c4c(C)c(-c5ccc(N(c6ccc(-c7ccc(Br)cc7)cc6)c6ccc(-c7ccc(C)cc7)c(CC)c6)cc5)cc5ccccc45)c3C)cc2)ccc1-c1ccc(C)cc1. The smallest absolute Gasteiger partial charge is 0.0464 e. The number of fused-ring (bicyclic) bond motifs is 2. The van der Waals surface area contributed by atoms with E-state index in [-0.39, 0.29) is 0 Å². The summed E-state index contributed by atoms with van der Waals surface area (Å²) in [5.74, 6) is 0. The van der Waals surface area contributed by atoms with Crippen LogP contribution in [0.25, 0.3) is 99.4 Å². The lowest BCUT2D eigenvalue weighted by Gasteiger charge is -2.27. The van der Waals surface area contributed by atoms with Crippen molar-refractivity contribution in [1.82, 2.24) is 0 Å². The zero-order chi connectivity index (χ0) is 63.0. The summed E-state index contributed by atoms with van der Waals surface area (Å²) in [4.78, 5) is 4.82. The molecule has 14 rings (SSSR count). The Hall–Kier alpha value is -9.84. The van der Waals surface area contributed by atoms with Crippen molar-refractivity contribution in [1.29, 1.82) is 0 Å². The largest absolute Gasteiger partial charge is 0.310 e. The fourth-order valence-electron chi connectivity index (χ4n) is 13.6. The van der Waals surface area contributed by atoms with E-state index >= 15 is 0 Å². The van der Waals surface area contributed by atoms with Crippen LogP contribution in [0.15, 0.2) is 300 Å². The predicted molar refractivity (Wildman–Crippen MR) is 402 cm³/mol. The maximum atomic E-state index is 3.63. The van der Waals surface area contributed by atoms with E-state index in [9.17, 15) is 0 Å². The Morgan fingerprint density at radius 1 is 0.261 bits per heavy atom. The lowest BCUT2D eigenvalue weighted by molar-refractivity contribution is 1.13. The number of halogens is 2. The van der Waals surface area contributed by atoms with Gasteiger partial charge in [-0.3, -0.25) is 0 Å². The lowest BCUT2D eigenvalue weighted by atomic mass is 9.82. The molecule has 2 nitrogen and oxygen atoms in total. The molecule has 0 aliphatic carbocycles. The van der Waals surface area contributed by atoms with Crippen molar-refractivity contribution < 1.29 is 0 Å². The van der Waals surface area contributed by atoms with Gasteiger partial charge in [0.1, 0.15) is 0 Å². The third kappa shape index (κ3) is 11.8. The van der Waals surface area contributed by atoms with Gasteiger partial charge in [0.05, 0.1) is 0 Å². The van der Waals surface area contributed by atoms with Gasteiger partial charge in [0.15, 0.2) is 0 Å². The summed E-state index contributed by atoms with van der Waals surface area (Å²) in [5.41, 5.74) is 31.3. The highest BCUT2D eigenvalue weighted by molar-refractivity contribution is 9.10. The van der Waals surface area contributed by atoms with Crippen LogP contribution in [-0.4, -0.2) is 0 Å². The van der Waals surface area contributed by atoms with E-state index < -0.39 is 0 Å². The van der Waals surface area contributed by atoms with Crippen LogP contribution in [0.2, 0.25) is 0 Å². The van der Waals surface area contributed by atoms with Crippen LogP contribution in [0.1, 0.15) is 47.2 Å². The molecule has 0 fully saturated rings. The Balaban J connectivity index is 0.855. The molecule has 4 heteroatoms. The molecule has 0 saturated carbocycles. The number of rotatable bonds is 15. The van der Waals surface area contributed by atoms with Crippen LogP contribution in [0.5, 0.6) is 0 Å². The predicted octanol–water partition coefficient (Wildman–Crippen LogP) is 26.5. The zero-order valence-electron chi connectivity index (χ0n) is 52.8. The highest BCUT2D eigenvalue weighted by atomic mass is 79.9. The summed E-state index contributed by atoms with van der Waals surface area (Å²) >= 11 is 7.26. The van der Waals surface area contributed by atoms with Crippen LogP contribution in [-0.2, 0) is 12.8 Å². The summed E-state index contributed by atoms with van der Waals surface area (Å²) in [6.07, 6.45) is 1.82. The standard InChI is InChI=1S/C88H70Br2N2/c1-7-61-53-79(49-51-81(61)67-21-17-57(3)18-22-67)91(75-41-29-65(30-42-75)63-25-37-73(89)38-26-63)77-45-33-69(34-46-77)85-55-71-13-9-11-15-83(71)87(59(85)5)88-60(6)86(56-72-14-10-12-16-84(72)88)70-35-47-78(48-36-70)92(76-43-31-66(32-44-76)64-27-39-74(90)40-28-64)80-50-52-82(62(8-2)54-80)68-23-19-58(4)20-24-68/h9-56H,7-8H2,1-6H3. The molecule has 0 atom stereocenters. The topological polar surface area (TPSA) is 6.48 Å². The first-order valence-electron chi connectivity index (χ1n) is 31.9. The number of aryl methyl sites for hydroxylation is 4. The molecule has 0 unspecified atom stereocenters. The first-order valence-corrected chi connectivity index (χ1v) is 33.5. The molecule has 0 spiro atoms. The van der Waals surface area contributed by atoms with Gasteiger partial charge in [-0.25, -0.2) is 0 Å². The number of nitrogens with zero attached hydrogens (tertiary/aromatic N) is 2. The number of hydrogen-bond acceptors (Lipinski definition) is 2. The third-order valence-electron chi connectivity index (χ3n) is 18.5. The first kappa shape index (κ1) is 59.8. The molecular weight excluding hydrogens is 1240 g/mol. The van der Waals surface area contributed by atoms with Crippen LogP contribution >= 0.6 is 31.9 Å². The van der Waals surface area contributed by atoms with Crippen LogP contribution in [0.3, 0.4) is 0 Å². The molecule has 0 N–H and O–H groups in total. The molecule has 0 aromatic heterocycles. The summed E-state index contributed by atoms with van der Waals surface area (Å²) in [5, 5.41) is 4.90. The Kier molecular flexibility index (Phi) is 16.8. The minimum atomic E-state index is 0.911. The van der Waals surface area contributed by atoms with E-state index in [1.807, 2.05) is 0 Å². The van der Waals surface area contributed by atoms with Gasteiger partial charge in [-0.1, -0.05) is 239 Å². The van der Waals surface area contributed by atoms with Gasteiger partial charge in [0, 0.05) is 43.1 Å². The quantitative estimate of drug-likeness (QED) is 0.101. The van der Waals surface area contributed by atoms with Gasteiger partial charge in [0.25, 0.3) is 0 Å². The van der Waals surface area contributed by atoms with E-state index in [2.05, 4.69) is 374 Å². The lowest BCUT2D eigenvalue weighted by Crippen LogP contribution is -2.10. The fraction of sp³-hybridized carbons (Fsp3) is 0.0909. The molecule has 0 aliphatic heterocycles. The van der Waals surface area contributed by atoms with E-state index in [1.54, 1.807) is 0 Å². The average Bonchev–Trinajstić information content (AvgIpc) is 0.747. The van der Waals surface area contributed by atoms with Crippen LogP contribution in [0, 0.1) is 27.7 Å². The third-order valence-corrected chi connectivity index (χ3v) is 19.6. The Morgan fingerprint density at radius 3 is 0.859 bits per heavy atom. The van der Waals surface area contributed by atoms with Crippen molar-refractivity contribution in [2.24, 2.45) is 0 Å². The second-order valence-electron chi connectivity index (χ2n) is 24.3. The number of benzene rings is 14. The van der Waals surface area contributed by atoms with E-state index in [0.717, 1.165) is 55.9 Å². The Bertz CT molecular complexity index is 4670. The van der Waals surface area contributed by atoms with Crippen molar-refractivity contribution in [3.8, 4) is 77.9 Å². The van der Waals surface area contributed by atoms with E-state index in [4.69, 9.17) is 0 Å². The summed E-state index contributed by atoms with van der Waals surface area (Å²) in [6, 6.07) is 108. The second-order valence-corrected chi connectivity index (χ2v) is 26.1.